The SMILES string of the molecule is CC[C@H](CC[C@@H](C)[C@]1(C)CCc2c1ccc1c2ccc2cccc(C)c21)C(C)C. The molecule has 0 amide bonds. The third kappa shape index (κ3) is 3.39. The van der Waals surface area contributed by atoms with Gasteiger partial charge in [0, 0.05) is 0 Å². The summed E-state index contributed by atoms with van der Waals surface area (Å²) in [5.74, 6) is 2.40. The highest BCUT2D eigenvalue weighted by molar-refractivity contribution is 6.10. The minimum absolute atomic E-state index is 0.319. The molecule has 154 valence electrons. The Morgan fingerprint density at radius 3 is 2.41 bits per heavy atom. The second-order valence-electron chi connectivity index (χ2n) is 10.2. The summed E-state index contributed by atoms with van der Waals surface area (Å²) in [7, 11) is 0. The summed E-state index contributed by atoms with van der Waals surface area (Å²) in [6.07, 6.45) is 6.56. The zero-order valence-electron chi connectivity index (χ0n) is 19.3. The monoisotopic (exact) mass is 386 g/mol. The minimum Gasteiger partial charge on any atom is -0.0651 e. The molecule has 29 heavy (non-hydrogen) atoms. The van der Waals surface area contributed by atoms with Crippen LogP contribution in [0.1, 0.15) is 77.0 Å². The summed E-state index contributed by atoms with van der Waals surface area (Å²) in [6, 6.07) is 16.3. The molecular weight excluding hydrogens is 348 g/mol. The van der Waals surface area contributed by atoms with Gasteiger partial charge in [-0.15, -0.1) is 0 Å². The third-order valence-corrected chi connectivity index (χ3v) is 8.40. The van der Waals surface area contributed by atoms with E-state index < -0.39 is 0 Å². The van der Waals surface area contributed by atoms with E-state index in [-0.39, 0.29) is 0 Å². The maximum Gasteiger partial charge on any atom is -0.00435 e. The largest absolute Gasteiger partial charge is 0.0651 e. The van der Waals surface area contributed by atoms with Crippen LogP contribution >= 0.6 is 0 Å². The topological polar surface area (TPSA) is 0 Å². The average molecular weight is 387 g/mol. The van der Waals surface area contributed by atoms with Crippen LogP contribution < -0.4 is 0 Å². The van der Waals surface area contributed by atoms with Gasteiger partial charge in [-0.1, -0.05) is 83.5 Å². The third-order valence-electron chi connectivity index (χ3n) is 8.40. The first-order valence-electron chi connectivity index (χ1n) is 11.8. The molecule has 1 aliphatic rings. The number of benzene rings is 3. The van der Waals surface area contributed by atoms with Gasteiger partial charge in [-0.2, -0.15) is 0 Å². The van der Waals surface area contributed by atoms with Crippen LogP contribution in [0.4, 0.5) is 0 Å². The normalized spacial score (nSPS) is 21.1. The van der Waals surface area contributed by atoms with Gasteiger partial charge in [0.2, 0.25) is 0 Å². The lowest BCUT2D eigenvalue weighted by molar-refractivity contribution is 0.249. The Kier molecular flexibility index (Phi) is 5.49. The summed E-state index contributed by atoms with van der Waals surface area (Å²) in [5, 5.41) is 5.75. The van der Waals surface area contributed by atoms with E-state index in [1.54, 1.807) is 11.1 Å². The van der Waals surface area contributed by atoms with Crippen molar-refractivity contribution in [2.75, 3.05) is 0 Å². The lowest BCUT2D eigenvalue weighted by Gasteiger charge is -2.34. The van der Waals surface area contributed by atoms with Crippen LogP contribution in [0.5, 0.6) is 0 Å². The van der Waals surface area contributed by atoms with Crippen molar-refractivity contribution in [3.05, 3.63) is 59.2 Å². The Bertz CT molecular complexity index is 1030. The van der Waals surface area contributed by atoms with Crippen molar-refractivity contribution < 1.29 is 0 Å². The van der Waals surface area contributed by atoms with E-state index in [0.717, 1.165) is 17.8 Å². The first-order chi connectivity index (χ1) is 13.9. The van der Waals surface area contributed by atoms with Crippen molar-refractivity contribution >= 4 is 21.5 Å². The van der Waals surface area contributed by atoms with Gasteiger partial charge < -0.3 is 0 Å². The average Bonchev–Trinajstić information content (AvgIpc) is 3.06. The summed E-state index contributed by atoms with van der Waals surface area (Å²) >= 11 is 0. The lowest BCUT2D eigenvalue weighted by atomic mass is 9.70. The maximum atomic E-state index is 2.54. The fourth-order valence-corrected chi connectivity index (χ4v) is 6.07. The van der Waals surface area contributed by atoms with Crippen molar-refractivity contribution in [3.8, 4) is 0 Å². The number of hydrogen-bond donors (Lipinski definition) is 0. The van der Waals surface area contributed by atoms with E-state index in [2.05, 4.69) is 84.0 Å². The van der Waals surface area contributed by atoms with Crippen molar-refractivity contribution in [3.63, 3.8) is 0 Å². The van der Waals surface area contributed by atoms with Gasteiger partial charge >= 0.3 is 0 Å². The molecule has 0 unspecified atom stereocenters. The molecule has 0 spiro atoms. The Morgan fingerprint density at radius 2 is 1.69 bits per heavy atom. The Hall–Kier alpha value is -1.82. The van der Waals surface area contributed by atoms with Crippen LogP contribution in [0.15, 0.2) is 42.5 Å². The summed E-state index contributed by atoms with van der Waals surface area (Å²) in [6.45, 7) is 14.4. The standard InChI is InChI=1S/C29H38/c1-7-22(19(2)3)12-11-21(5)29(6)18-17-25-24-14-13-23-10-8-9-20(4)28(23)26(24)15-16-27(25)29/h8-10,13-16,19,21-22H,7,11-12,17-18H2,1-6H3/t21-,22-,29+/m1/s1. The molecule has 3 atom stereocenters. The van der Waals surface area contributed by atoms with Crippen LogP contribution in [0, 0.1) is 24.7 Å². The van der Waals surface area contributed by atoms with E-state index in [9.17, 15) is 0 Å². The van der Waals surface area contributed by atoms with Crippen LogP contribution in [0.3, 0.4) is 0 Å². The molecule has 0 heterocycles. The minimum atomic E-state index is 0.319. The van der Waals surface area contributed by atoms with Crippen LogP contribution in [0.2, 0.25) is 0 Å². The highest BCUT2D eigenvalue weighted by Crippen LogP contribution is 2.48. The predicted octanol–water partition coefficient (Wildman–Crippen LogP) is 8.60. The molecule has 0 aliphatic heterocycles. The molecule has 3 aromatic rings. The molecule has 0 N–H and O–H groups in total. The molecular formula is C29H38. The number of fused-ring (bicyclic) bond motifs is 5. The molecule has 0 saturated carbocycles. The van der Waals surface area contributed by atoms with Crippen molar-refractivity contribution in [2.45, 2.75) is 79.1 Å². The molecule has 4 rings (SSSR count). The van der Waals surface area contributed by atoms with E-state index in [0.29, 0.717) is 5.41 Å². The van der Waals surface area contributed by atoms with Crippen LogP contribution in [0.25, 0.3) is 21.5 Å². The van der Waals surface area contributed by atoms with Crippen LogP contribution in [-0.2, 0) is 11.8 Å². The van der Waals surface area contributed by atoms with Crippen molar-refractivity contribution in [2.24, 2.45) is 17.8 Å². The Labute approximate surface area is 177 Å². The molecule has 3 aromatic carbocycles. The highest BCUT2D eigenvalue weighted by Gasteiger charge is 2.39. The lowest BCUT2D eigenvalue weighted by Crippen LogP contribution is -2.28. The fraction of sp³-hybridized carbons (Fsp3) is 0.517. The van der Waals surface area contributed by atoms with E-state index in [4.69, 9.17) is 0 Å². The van der Waals surface area contributed by atoms with E-state index >= 15 is 0 Å². The summed E-state index contributed by atoms with van der Waals surface area (Å²) < 4.78 is 0. The maximum absolute atomic E-state index is 2.54. The van der Waals surface area contributed by atoms with Crippen LogP contribution in [-0.4, -0.2) is 0 Å². The van der Waals surface area contributed by atoms with Crippen molar-refractivity contribution in [1.82, 2.24) is 0 Å². The molecule has 0 fully saturated rings. The number of hydrogen-bond acceptors (Lipinski definition) is 0. The van der Waals surface area contributed by atoms with E-state index in [1.807, 2.05) is 0 Å². The molecule has 0 radical (unpaired) electrons. The van der Waals surface area contributed by atoms with Gasteiger partial charge in [0.1, 0.15) is 0 Å². The Morgan fingerprint density at radius 1 is 0.931 bits per heavy atom. The molecule has 0 nitrogen and oxygen atoms in total. The van der Waals surface area contributed by atoms with Crippen molar-refractivity contribution in [1.29, 1.82) is 0 Å². The second-order valence-corrected chi connectivity index (χ2v) is 10.2. The van der Waals surface area contributed by atoms with Gasteiger partial charge in [0.15, 0.2) is 0 Å². The summed E-state index contributed by atoms with van der Waals surface area (Å²) in [4.78, 5) is 0. The second kappa shape index (κ2) is 7.78. The zero-order valence-corrected chi connectivity index (χ0v) is 19.3. The summed E-state index contributed by atoms with van der Waals surface area (Å²) in [5.41, 5.74) is 4.96. The van der Waals surface area contributed by atoms with Gasteiger partial charge in [-0.05, 0) is 94.0 Å². The molecule has 0 saturated heterocycles. The van der Waals surface area contributed by atoms with Gasteiger partial charge in [-0.25, -0.2) is 0 Å². The smallest absolute Gasteiger partial charge is 0.00435 e. The van der Waals surface area contributed by atoms with Gasteiger partial charge in [0.05, 0.1) is 0 Å². The number of aryl methyl sites for hydroxylation is 2. The molecule has 0 bridgehead atoms. The fourth-order valence-electron chi connectivity index (χ4n) is 6.07. The molecule has 0 heteroatoms. The zero-order chi connectivity index (χ0) is 20.8. The number of rotatable bonds is 6. The predicted molar refractivity (Wildman–Crippen MR) is 129 cm³/mol. The first-order valence-corrected chi connectivity index (χ1v) is 11.8. The Balaban J connectivity index is 1.71. The molecule has 1 aliphatic carbocycles. The quantitative estimate of drug-likeness (QED) is 0.372. The van der Waals surface area contributed by atoms with Gasteiger partial charge in [-0.3, -0.25) is 0 Å². The first kappa shape index (κ1) is 20.5. The molecule has 0 aromatic heterocycles. The van der Waals surface area contributed by atoms with Gasteiger partial charge in [0.25, 0.3) is 0 Å². The van der Waals surface area contributed by atoms with E-state index in [1.165, 1.54) is 59.2 Å². The highest BCUT2D eigenvalue weighted by atomic mass is 14.4.